The van der Waals surface area contributed by atoms with Gasteiger partial charge in [0.1, 0.15) is 18.5 Å². The maximum absolute atomic E-state index is 10.4. The third kappa shape index (κ3) is 6.50. The molecule has 0 saturated heterocycles. The SMILES string of the molecule is CCC(CC)(c1ccc(NC[C@H](O)C(C)(C)C)c(C)c1)c1ccc(OC[C@@H](O)CO)c(C)c1. The van der Waals surface area contributed by atoms with E-state index in [0.29, 0.717) is 6.54 Å². The standard InChI is InChI=1S/C28H43NO4/c1-8-28(9-2,22-11-13-25(20(4)15-22)33-18-23(31)17-30)21-10-12-24(19(3)14-21)29-16-26(32)27(5,6)7/h10-15,23,26,29-32H,8-9,16-18H2,1-7H3/t23-,26-/m0/s1. The van der Waals surface area contributed by atoms with E-state index in [1.807, 2.05) is 33.8 Å². The number of benzene rings is 2. The van der Waals surface area contributed by atoms with Gasteiger partial charge in [0, 0.05) is 17.6 Å². The Morgan fingerprint density at radius 2 is 1.48 bits per heavy atom. The van der Waals surface area contributed by atoms with E-state index in [9.17, 15) is 10.2 Å². The molecule has 184 valence electrons. The summed E-state index contributed by atoms with van der Waals surface area (Å²) < 4.78 is 5.70. The molecule has 0 aliphatic heterocycles. The second kappa shape index (κ2) is 11.4. The minimum atomic E-state index is -0.880. The van der Waals surface area contributed by atoms with Crippen LogP contribution in [0.1, 0.15) is 69.7 Å². The van der Waals surface area contributed by atoms with Crippen molar-refractivity contribution >= 4 is 5.69 Å². The fourth-order valence-corrected chi connectivity index (χ4v) is 4.25. The molecule has 2 atom stereocenters. The van der Waals surface area contributed by atoms with Crippen LogP contribution in [0.4, 0.5) is 5.69 Å². The first-order chi connectivity index (χ1) is 15.5. The summed E-state index contributed by atoms with van der Waals surface area (Å²) in [4.78, 5) is 0. The highest BCUT2D eigenvalue weighted by Gasteiger charge is 2.31. The van der Waals surface area contributed by atoms with Gasteiger partial charge in [0.2, 0.25) is 0 Å². The Bertz CT molecular complexity index is 899. The average molecular weight is 458 g/mol. The highest BCUT2D eigenvalue weighted by Crippen LogP contribution is 2.41. The molecule has 0 aliphatic carbocycles. The quantitative estimate of drug-likeness (QED) is 0.383. The van der Waals surface area contributed by atoms with Crippen LogP contribution >= 0.6 is 0 Å². The predicted molar refractivity (Wildman–Crippen MR) is 136 cm³/mol. The van der Waals surface area contributed by atoms with E-state index < -0.39 is 12.2 Å². The largest absolute Gasteiger partial charge is 0.491 e. The number of nitrogens with one attached hydrogen (secondary N) is 1. The molecule has 0 unspecified atom stereocenters. The number of aliphatic hydroxyl groups is 3. The van der Waals surface area contributed by atoms with Crippen LogP contribution in [0.2, 0.25) is 0 Å². The number of aryl methyl sites for hydroxylation is 2. The minimum Gasteiger partial charge on any atom is -0.491 e. The number of rotatable bonds is 11. The van der Waals surface area contributed by atoms with Crippen LogP contribution in [-0.4, -0.2) is 47.3 Å². The number of hydrogen-bond donors (Lipinski definition) is 4. The fourth-order valence-electron chi connectivity index (χ4n) is 4.25. The third-order valence-electron chi connectivity index (χ3n) is 6.84. The first kappa shape index (κ1) is 27.2. The molecule has 4 N–H and O–H groups in total. The summed E-state index contributed by atoms with van der Waals surface area (Å²) in [6.45, 7) is 15.0. The van der Waals surface area contributed by atoms with Gasteiger partial charge in [-0.2, -0.15) is 0 Å². The topological polar surface area (TPSA) is 82.0 Å². The van der Waals surface area contributed by atoms with Gasteiger partial charge < -0.3 is 25.4 Å². The second-order valence-electron chi connectivity index (χ2n) is 10.2. The lowest BCUT2D eigenvalue weighted by molar-refractivity contribution is 0.0534. The van der Waals surface area contributed by atoms with Gasteiger partial charge in [-0.25, -0.2) is 0 Å². The zero-order valence-corrected chi connectivity index (χ0v) is 21.4. The van der Waals surface area contributed by atoms with Crippen LogP contribution in [0, 0.1) is 19.3 Å². The van der Waals surface area contributed by atoms with Gasteiger partial charge in [0.05, 0.1) is 12.7 Å². The lowest BCUT2D eigenvalue weighted by Gasteiger charge is -2.34. The van der Waals surface area contributed by atoms with Crippen LogP contribution in [-0.2, 0) is 5.41 Å². The molecule has 2 aromatic rings. The second-order valence-corrected chi connectivity index (χ2v) is 10.2. The van der Waals surface area contributed by atoms with Crippen molar-refractivity contribution in [3.63, 3.8) is 0 Å². The Morgan fingerprint density at radius 1 is 0.909 bits per heavy atom. The first-order valence-electron chi connectivity index (χ1n) is 12.0. The smallest absolute Gasteiger partial charge is 0.122 e. The van der Waals surface area contributed by atoms with Crippen molar-refractivity contribution < 1.29 is 20.1 Å². The van der Waals surface area contributed by atoms with Crippen molar-refractivity contribution in [1.82, 2.24) is 0 Å². The molecule has 2 aromatic carbocycles. The summed E-state index contributed by atoms with van der Waals surface area (Å²) in [6.07, 6.45) is 0.612. The minimum absolute atomic E-state index is 0.0704. The molecule has 0 radical (unpaired) electrons. The van der Waals surface area contributed by atoms with Gasteiger partial charge in [-0.1, -0.05) is 58.9 Å². The molecule has 0 saturated carbocycles. The highest BCUT2D eigenvalue weighted by atomic mass is 16.5. The monoisotopic (exact) mass is 457 g/mol. The molecular formula is C28H43NO4. The Morgan fingerprint density at radius 3 is 1.97 bits per heavy atom. The van der Waals surface area contributed by atoms with Crippen molar-refractivity contribution in [2.24, 2.45) is 5.41 Å². The molecule has 0 bridgehead atoms. The molecule has 5 heteroatoms. The molecule has 0 amide bonds. The molecule has 0 aromatic heterocycles. The van der Waals surface area contributed by atoms with E-state index in [1.54, 1.807) is 0 Å². The van der Waals surface area contributed by atoms with Crippen molar-refractivity contribution in [2.45, 2.75) is 78.9 Å². The lowest BCUT2D eigenvalue weighted by Crippen LogP contribution is -2.33. The van der Waals surface area contributed by atoms with E-state index in [0.717, 1.165) is 35.4 Å². The van der Waals surface area contributed by atoms with Crippen molar-refractivity contribution in [1.29, 1.82) is 0 Å². The maximum Gasteiger partial charge on any atom is 0.122 e. The fraction of sp³-hybridized carbons (Fsp3) is 0.571. The van der Waals surface area contributed by atoms with Gasteiger partial charge >= 0.3 is 0 Å². The predicted octanol–water partition coefficient (Wildman–Crippen LogP) is 4.96. The van der Waals surface area contributed by atoms with E-state index in [-0.39, 0.29) is 24.0 Å². The first-order valence-corrected chi connectivity index (χ1v) is 12.0. The summed E-state index contributed by atoms with van der Waals surface area (Å²) >= 11 is 0. The third-order valence-corrected chi connectivity index (χ3v) is 6.84. The summed E-state index contributed by atoms with van der Waals surface area (Å²) in [5.74, 6) is 0.723. The number of aliphatic hydroxyl groups excluding tert-OH is 3. The molecular weight excluding hydrogens is 414 g/mol. The van der Waals surface area contributed by atoms with Crippen LogP contribution < -0.4 is 10.1 Å². The molecule has 5 nitrogen and oxygen atoms in total. The Balaban J connectivity index is 2.31. The molecule has 33 heavy (non-hydrogen) atoms. The maximum atomic E-state index is 10.4. The van der Waals surface area contributed by atoms with Crippen LogP contribution in [0.25, 0.3) is 0 Å². The molecule has 0 spiro atoms. The molecule has 0 heterocycles. The van der Waals surface area contributed by atoms with Crippen molar-refractivity contribution in [2.75, 3.05) is 25.1 Å². The Labute approximate surface area is 199 Å². The van der Waals surface area contributed by atoms with E-state index >= 15 is 0 Å². The van der Waals surface area contributed by atoms with E-state index in [4.69, 9.17) is 9.84 Å². The lowest BCUT2D eigenvalue weighted by atomic mass is 9.70. The van der Waals surface area contributed by atoms with E-state index in [1.165, 1.54) is 11.1 Å². The van der Waals surface area contributed by atoms with Crippen LogP contribution in [0.5, 0.6) is 5.75 Å². The van der Waals surface area contributed by atoms with Gasteiger partial charge in [0.15, 0.2) is 0 Å². The van der Waals surface area contributed by atoms with Gasteiger partial charge in [-0.05, 0) is 66.5 Å². The van der Waals surface area contributed by atoms with Gasteiger partial charge in [0.25, 0.3) is 0 Å². The highest BCUT2D eigenvalue weighted by molar-refractivity contribution is 5.55. The normalized spacial score (nSPS) is 14.1. The number of hydrogen-bond acceptors (Lipinski definition) is 5. The average Bonchev–Trinajstić information content (AvgIpc) is 2.78. The molecule has 2 rings (SSSR count). The summed E-state index contributed by atoms with van der Waals surface area (Å²) in [6, 6.07) is 12.8. The van der Waals surface area contributed by atoms with Crippen molar-refractivity contribution in [3.8, 4) is 5.75 Å². The van der Waals surface area contributed by atoms with Crippen LogP contribution in [0.3, 0.4) is 0 Å². The van der Waals surface area contributed by atoms with Gasteiger partial charge in [-0.15, -0.1) is 0 Å². The van der Waals surface area contributed by atoms with Crippen molar-refractivity contribution in [3.05, 3.63) is 58.7 Å². The van der Waals surface area contributed by atoms with E-state index in [2.05, 4.69) is 56.4 Å². The van der Waals surface area contributed by atoms with Gasteiger partial charge in [-0.3, -0.25) is 0 Å². The summed E-state index contributed by atoms with van der Waals surface area (Å²) in [5, 5.41) is 32.4. The van der Waals surface area contributed by atoms with Crippen LogP contribution in [0.15, 0.2) is 36.4 Å². The summed E-state index contributed by atoms with van der Waals surface area (Å²) in [5.41, 5.74) is 5.45. The zero-order chi connectivity index (χ0) is 24.8. The molecule has 0 fully saturated rings. The molecule has 0 aliphatic rings. The zero-order valence-electron chi connectivity index (χ0n) is 21.4. The number of ether oxygens (including phenoxy) is 1. The summed E-state index contributed by atoms with van der Waals surface area (Å²) in [7, 11) is 0. The number of anilines is 1. The Hall–Kier alpha value is -2.08. The Kier molecular flexibility index (Phi) is 9.36.